The first-order chi connectivity index (χ1) is 6.85. The Hall–Kier alpha value is -0.640. The lowest BCUT2D eigenvalue weighted by molar-refractivity contribution is 0.254. The van der Waals surface area contributed by atoms with E-state index in [9.17, 15) is 4.91 Å². The second kappa shape index (κ2) is 10.4. The summed E-state index contributed by atoms with van der Waals surface area (Å²) < 4.78 is 0. The minimum Gasteiger partial charge on any atom is -0.396 e. The zero-order valence-electron chi connectivity index (χ0n) is 9.11. The van der Waals surface area contributed by atoms with E-state index in [1.165, 1.54) is 0 Å². The van der Waals surface area contributed by atoms with Gasteiger partial charge in [-0.25, -0.2) is 0 Å². The first kappa shape index (κ1) is 13.4. The fourth-order valence-corrected chi connectivity index (χ4v) is 1.32. The molecule has 0 atom stereocenters. The van der Waals surface area contributed by atoms with Gasteiger partial charge < -0.3 is 5.11 Å². The molecular formula is C10H22N2O2. The third-order valence-electron chi connectivity index (χ3n) is 2.21. The van der Waals surface area contributed by atoms with Crippen molar-refractivity contribution in [3.63, 3.8) is 0 Å². The second-order valence-corrected chi connectivity index (χ2v) is 3.53. The Morgan fingerprint density at radius 3 is 2.21 bits per heavy atom. The summed E-state index contributed by atoms with van der Waals surface area (Å²) in [5.41, 5.74) is 0. The Kier molecular flexibility index (Phi) is 9.96. The molecule has 0 aliphatic rings. The summed E-state index contributed by atoms with van der Waals surface area (Å²) >= 11 is 0. The van der Waals surface area contributed by atoms with Crippen LogP contribution in [0.15, 0.2) is 5.29 Å². The lowest BCUT2D eigenvalue weighted by Crippen LogP contribution is -2.19. The average molecular weight is 202 g/mol. The molecule has 0 aliphatic heterocycles. The summed E-state index contributed by atoms with van der Waals surface area (Å²) in [4.78, 5) is 10.4. The first-order valence-electron chi connectivity index (χ1n) is 5.54. The maximum atomic E-state index is 10.4. The summed E-state index contributed by atoms with van der Waals surface area (Å²) in [5, 5.41) is 13.1. The molecule has 0 rings (SSSR count). The van der Waals surface area contributed by atoms with Crippen LogP contribution >= 0.6 is 0 Å². The van der Waals surface area contributed by atoms with Crippen LogP contribution in [0.5, 0.6) is 0 Å². The van der Waals surface area contributed by atoms with E-state index in [0.29, 0.717) is 0 Å². The quantitative estimate of drug-likeness (QED) is 0.336. The van der Waals surface area contributed by atoms with Crippen LogP contribution in [0.1, 0.15) is 45.4 Å². The predicted molar refractivity (Wildman–Crippen MR) is 57.8 cm³/mol. The molecule has 0 spiro atoms. The van der Waals surface area contributed by atoms with Gasteiger partial charge in [-0.1, -0.05) is 19.8 Å². The summed E-state index contributed by atoms with van der Waals surface area (Å²) in [6, 6.07) is 0. The third-order valence-corrected chi connectivity index (χ3v) is 2.21. The standard InChI is InChI=1S/C10H22N2O2/c1-2-3-5-8-12(11-14)9-6-4-7-10-13/h13H,2-10H2,1H3. The van der Waals surface area contributed by atoms with Gasteiger partial charge in [0.25, 0.3) is 0 Å². The van der Waals surface area contributed by atoms with Crippen molar-refractivity contribution in [3.05, 3.63) is 4.91 Å². The number of unbranched alkanes of at least 4 members (excludes halogenated alkanes) is 4. The van der Waals surface area contributed by atoms with Crippen molar-refractivity contribution in [2.45, 2.75) is 45.4 Å². The number of aliphatic hydroxyl groups is 1. The molecule has 0 aromatic heterocycles. The van der Waals surface area contributed by atoms with E-state index in [1.54, 1.807) is 5.01 Å². The van der Waals surface area contributed by atoms with Gasteiger partial charge >= 0.3 is 0 Å². The molecule has 0 heterocycles. The van der Waals surface area contributed by atoms with E-state index < -0.39 is 0 Å². The van der Waals surface area contributed by atoms with E-state index in [0.717, 1.165) is 51.6 Å². The van der Waals surface area contributed by atoms with E-state index in [-0.39, 0.29) is 6.61 Å². The fraction of sp³-hybridized carbons (Fsp3) is 1.00. The Morgan fingerprint density at radius 2 is 1.71 bits per heavy atom. The molecule has 1 N–H and O–H groups in total. The minimum atomic E-state index is 0.240. The normalized spacial score (nSPS) is 10.1. The maximum Gasteiger partial charge on any atom is 0.0523 e. The van der Waals surface area contributed by atoms with Gasteiger partial charge in [-0.05, 0) is 25.7 Å². The minimum absolute atomic E-state index is 0.240. The van der Waals surface area contributed by atoms with Gasteiger partial charge in [0.1, 0.15) is 0 Å². The van der Waals surface area contributed by atoms with Gasteiger partial charge in [0.2, 0.25) is 0 Å². The lowest BCUT2D eigenvalue weighted by atomic mass is 10.2. The van der Waals surface area contributed by atoms with Crippen molar-refractivity contribution in [1.82, 2.24) is 5.01 Å². The zero-order chi connectivity index (χ0) is 10.6. The van der Waals surface area contributed by atoms with Gasteiger partial charge in [-0.3, -0.25) is 5.01 Å². The van der Waals surface area contributed by atoms with Crippen LogP contribution in [0.4, 0.5) is 0 Å². The zero-order valence-corrected chi connectivity index (χ0v) is 9.11. The van der Waals surface area contributed by atoms with E-state index in [2.05, 4.69) is 12.2 Å². The SMILES string of the molecule is CCCCCN(CCCCCO)N=O. The molecule has 84 valence electrons. The molecule has 0 aliphatic carbocycles. The van der Waals surface area contributed by atoms with Crippen LogP contribution in [0.2, 0.25) is 0 Å². The second-order valence-electron chi connectivity index (χ2n) is 3.53. The van der Waals surface area contributed by atoms with Gasteiger partial charge in [-0.2, -0.15) is 0 Å². The maximum absolute atomic E-state index is 10.4. The number of nitrogens with zero attached hydrogens (tertiary/aromatic N) is 2. The predicted octanol–water partition coefficient (Wildman–Crippen LogP) is 2.32. The smallest absolute Gasteiger partial charge is 0.0523 e. The monoisotopic (exact) mass is 202 g/mol. The Balaban J connectivity index is 3.33. The Labute approximate surface area is 86.2 Å². The molecular weight excluding hydrogens is 180 g/mol. The summed E-state index contributed by atoms with van der Waals surface area (Å²) in [6.45, 7) is 3.88. The van der Waals surface area contributed by atoms with Crippen LogP contribution in [0.3, 0.4) is 0 Å². The van der Waals surface area contributed by atoms with E-state index in [4.69, 9.17) is 5.11 Å². The van der Waals surface area contributed by atoms with Crippen molar-refractivity contribution in [1.29, 1.82) is 0 Å². The molecule has 0 aromatic rings. The average Bonchev–Trinajstić information content (AvgIpc) is 2.22. The molecule has 0 unspecified atom stereocenters. The highest BCUT2D eigenvalue weighted by Crippen LogP contribution is 2.02. The molecule has 4 nitrogen and oxygen atoms in total. The first-order valence-corrected chi connectivity index (χ1v) is 5.54. The third kappa shape index (κ3) is 7.98. The largest absolute Gasteiger partial charge is 0.396 e. The lowest BCUT2D eigenvalue weighted by Gasteiger charge is -2.14. The highest BCUT2D eigenvalue weighted by atomic mass is 16.3. The molecule has 0 amide bonds. The topological polar surface area (TPSA) is 52.9 Å². The van der Waals surface area contributed by atoms with Crippen LogP contribution in [-0.4, -0.2) is 29.8 Å². The number of nitroso groups, excluding NO2 is 1. The van der Waals surface area contributed by atoms with Crippen LogP contribution < -0.4 is 0 Å². The van der Waals surface area contributed by atoms with Gasteiger partial charge in [0.05, 0.1) is 5.29 Å². The molecule has 4 heteroatoms. The van der Waals surface area contributed by atoms with Crippen molar-refractivity contribution >= 4 is 0 Å². The highest BCUT2D eigenvalue weighted by molar-refractivity contribution is 4.53. The van der Waals surface area contributed by atoms with Crippen LogP contribution in [-0.2, 0) is 0 Å². The number of rotatable bonds is 10. The van der Waals surface area contributed by atoms with Crippen LogP contribution in [0.25, 0.3) is 0 Å². The van der Waals surface area contributed by atoms with Crippen molar-refractivity contribution in [2.24, 2.45) is 5.29 Å². The highest BCUT2D eigenvalue weighted by Gasteiger charge is 2.01. The van der Waals surface area contributed by atoms with Crippen molar-refractivity contribution in [2.75, 3.05) is 19.7 Å². The van der Waals surface area contributed by atoms with Gasteiger partial charge in [0.15, 0.2) is 0 Å². The summed E-state index contributed by atoms with van der Waals surface area (Å²) in [7, 11) is 0. The van der Waals surface area contributed by atoms with E-state index >= 15 is 0 Å². The van der Waals surface area contributed by atoms with E-state index in [1.807, 2.05) is 0 Å². The Morgan fingerprint density at radius 1 is 1.07 bits per heavy atom. The molecule has 0 saturated carbocycles. The molecule has 0 saturated heterocycles. The van der Waals surface area contributed by atoms with Crippen molar-refractivity contribution < 1.29 is 5.11 Å². The molecule has 0 bridgehead atoms. The number of hydrogen-bond acceptors (Lipinski definition) is 3. The molecule has 0 radical (unpaired) electrons. The number of aliphatic hydroxyl groups excluding tert-OH is 1. The van der Waals surface area contributed by atoms with Crippen molar-refractivity contribution in [3.8, 4) is 0 Å². The molecule has 14 heavy (non-hydrogen) atoms. The van der Waals surface area contributed by atoms with Gasteiger partial charge in [0, 0.05) is 19.7 Å². The molecule has 0 fully saturated rings. The number of hydrogen-bond donors (Lipinski definition) is 1. The summed E-state index contributed by atoms with van der Waals surface area (Å²) in [6.07, 6.45) is 6.10. The summed E-state index contributed by atoms with van der Waals surface area (Å²) in [5.74, 6) is 0. The van der Waals surface area contributed by atoms with Gasteiger partial charge in [-0.15, -0.1) is 4.91 Å². The fourth-order valence-electron chi connectivity index (χ4n) is 1.32. The van der Waals surface area contributed by atoms with Crippen LogP contribution in [0, 0.1) is 4.91 Å². The Bertz CT molecular complexity index is 131. The molecule has 0 aromatic carbocycles.